The van der Waals surface area contributed by atoms with E-state index in [0.29, 0.717) is 16.6 Å². The van der Waals surface area contributed by atoms with Crippen LogP contribution in [0.4, 0.5) is 0 Å². The minimum absolute atomic E-state index is 0.0400. The zero-order valence-electron chi connectivity index (χ0n) is 18.5. The van der Waals surface area contributed by atoms with Crippen LogP contribution in [0.3, 0.4) is 0 Å². The largest absolute Gasteiger partial charge is 0.439 e. The first-order valence-corrected chi connectivity index (χ1v) is 13.5. The Morgan fingerprint density at radius 1 is 0.941 bits per heavy atom. The lowest BCUT2D eigenvalue weighted by molar-refractivity contribution is 0.0900. The standard InChI is InChI=1S/C25H26Cl2N2O4S/c26-18-9-11-19(12-10-18)34(31,32)24-14-13-23(33-24)25(30)28-17-22(20-7-3-4-8-21(20)27)29-15-5-1-2-6-16-29/h3-4,7-14,22H,1-2,5-6,15-17H2,(H,28,30). The van der Waals surface area contributed by atoms with Crippen LogP contribution in [0.1, 0.15) is 47.8 Å². The van der Waals surface area contributed by atoms with E-state index in [4.69, 9.17) is 27.6 Å². The van der Waals surface area contributed by atoms with Gasteiger partial charge in [0, 0.05) is 16.6 Å². The molecule has 6 nitrogen and oxygen atoms in total. The molecule has 3 aromatic rings. The molecular weight excluding hydrogens is 495 g/mol. The number of likely N-dealkylation sites (tertiary alicyclic amines) is 1. The van der Waals surface area contributed by atoms with Gasteiger partial charge in [0.25, 0.3) is 5.91 Å². The van der Waals surface area contributed by atoms with E-state index in [0.717, 1.165) is 31.5 Å². The number of sulfone groups is 1. The number of nitrogens with one attached hydrogen (secondary N) is 1. The number of nitrogens with zero attached hydrogens (tertiary/aromatic N) is 1. The molecule has 1 atom stereocenters. The SMILES string of the molecule is O=C(NCC(c1ccccc1Cl)N1CCCCCC1)c1ccc(S(=O)(=O)c2ccc(Cl)cc2)o1. The fourth-order valence-electron chi connectivity index (χ4n) is 4.18. The molecule has 0 spiro atoms. The van der Waals surface area contributed by atoms with Crippen LogP contribution in [0.15, 0.2) is 75.1 Å². The topological polar surface area (TPSA) is 79.6 Å². The molecule has 1 N–H and O–H groups in total. The fraction of sp³-hybridized carbons (Fsp3) is 0.320. The second-order valence-electron chi connectivity index (χ2n) is 8.27. The maximum absolute atomic E-state index is 12.9. The number of rotatable bonds is 7. The average Bonchev–Trinajstić information content (AvgIpc) is 3.19. The van der Waals surface area contributed by atoms with Crippen molar-refractivity contribution in [1.29, 1.82) is 0 Å². The monoisotopic (exact) mass is 520 g/mol. The Bertz CT molecular complexity index is 1230. The lowest BCUT2D eigenvalue weighted by Crippen LogP contribution is -2.38. The van der Waals surface area contributed by atoms with Crippen molar-refractivity contribution in [3.63, 3.8) is 0 Å². The number of halogens is 2. The number of carbonyl (C=O) groups excluding carboxylic acids is 1. The molecule has 0 bridgehead atoms. The second-order valence-corrected chi connectivity index (χ2v) is 11.0. The Morgan fingerprint density at radius 2 is 1.62 bits per heavy atom. The highest BCUT2D eigenvalue weighted by atomic mass is 35.5. The zero-order chi connectivity index (χ0) is 24.1. The summed E-state index contributed by atoms with van der Waals surface area (Å²) in [4.78, 5) is 15.3. The normalized spacial score (nSPS) is 16.1. The third-order valence-corrected chi connectivity index (χ3v) is 8.23. The summed E-state index contributed by atoms with van der Waals surface area (Å²) in [7, 11) is -3.90. The summed E-state index contributed by atoms with van der Waals surface area (Å²) in [5.41, 5.74) is 0.955. The van der Waals surface area contributed by atoms with Crippen LogP contribution < -0.4 is 5.32 Å². The Balaban J connectivity index is 1.50. The number of hydrogen-bond acceptors (Lipinski definition) is 5. The van der Waals surface area contributed by atoms with Gasteiger partial charge in [0.15, 0.2) is 5.76 Å². The molecule has 4 rings (SSSR count). The Kier molecular flexibility index (Phi) is 7.99. The predicted molar refractivity (Wildman–Crippen MR) is 132 cm³/mol. The lowest BCUT2D eigenvalue weighted by Gasteiger charge is -2.31. The van der Waals surface area contributed by atoms with Gasteiger partial charge >= 0.3 is 0 Å². The van der Waals surface area contributed by atoms with Crippen molar-refractivity contribution in [1.82, 2.24) is 10.2 Å². The van der Waals surface area contributed by atoms with E-state index in [1.807, 2.05) is 24.3 Å². The summed E-state index contributed by atoms with van der Waals surface area (Å²) >= 11 is 12.3. The predicted octanol–water partition coefficient (Wildman–Crippen LogP) is 5.77. The summed E-state index contributed by atoms with van der Waals surface area (Å²) in [5.74, 6) is -0.550. The van der Waals surface area contributed by atoms with Crippen molar-refractivity contribution in [2.75, 3.05) is 19.6 Å². The maximum atomic E-state index is 12.9. The summed E-state index contributed by atoms with van der Waals surface area (Å²) in [6.45, 7) is 2.18. The highest BCUT2D eigenvalue weighted by Crippen LogP contribution is 2.29. The van der Waals surface area contributed by atoms with Crippen molar-refractivity contribution in [3.8, 4) is 0 Å². The third-order valence-electron chi connectivity index (χ3n) is 6.00. The molecule has 1 saturated heterocycles. The molecule has 0 radical (unpaired) electrons. The fourth-order valence-corrected chi connectivity index (χ4v) is 5.74. The van der Waals surface area contributed by atoms with Crippen molar-refractivity contribution in [2.45, 2.75) is 41.7 Å². The van der Waals surface area contributed by atoms with Crippen LogP contribution >= 0.6 is 23.2 Å². The smallest absolute Gasteiger partial charge is 0.287 e. The van der Waals surface area contributed by atoms with Crippen LogP contribution in [-0.4, -0.2) is 38.9 Å². The minimum atomic E-state index is -3.90. The number of amides is 1. The summed E-state index contributed by atoms with van der Waals surface area (Å²) < 4.78 is 31.1. The van der Waals surface area contributed by atoms with Gasteiger partial charge in [-0.25, -0.2) is 8.42 Å². The van der Waals surface area contributed by atoms with Crippen LogP contribution in [0.2, 0.25) is 10.0 Å². The van der Waals surface area contributed by atoms with E-state index in [-0.39, 0.29) is 21.8 Å². The zero-order valence-corrected chi connectivity index (χ0v) is 20.9. The molecule has 0 saturated carbocycles. The molecule has 2 heterocycles. The number of carbonyl (C=O) groups is 1. The van der Waals surface area contributed by atoms with Gasteiger partial charge in [-0.2, -0.15) is 0 Å². The van der Waals surface area contributed by atoms with Gasteiger partial charge in [-0.3, -0.25) is 9.69 Å². The van der Waals surface area contributed by atoms with Gasteiger partial charge in [-0.1, -0.05) is 54.2 Å². The molecule has 1 aromatic heterocycles. The van der Waals surface area contributed by atoms with E-state index in [1.54, 1.807) is 0 Å². The van der Waals surface area contributed by atoms with Crippen LogP contribution in [0.25, 0.3) is 0 Å². The highest BCUT2D eigenvalue weighted by molar-refractivity contribution is 7.91. The first-order valence-electron chi connectivity index (χ1n) is 11.2. The number of furan rings is 1. The van der Waals surface area contributed by atoms with Gasteiger partial charge in [-0.15, -0.1) is 0 Å². The molecule has 0 aliphatic carbocycles. The molecule has 9 heteroatoms. The second kappa shape index (κ2) is 11.0. The number of benzene rings is 2. The van der Waals surface area contributed by atoms with Crippen molar-refractivity contribution in [3.05, 3.63) is 82.0 Å². The summed E-state index contributed by atoms with van der Waals surface area (Å²) in [6, 6.07) is 16.0. The first-order chi connectivity index (χ1) is 16.4. The molecule has 34 heavy (non-hydrogen) atoms. The lowest BCUT2D eigenvalue weighted by atomic mass is 10.0. The van der Waals surface area contributed by atoms with Gasteiger partial charge in [-0.05, 0) is 74.0 Å². The van der Waals surface area contributed by atoms with E-state index in [1.165, 1.54) is 49.2 Å². The maximum Gasteiger partial charge on any atom is 0.287 e. The molecule has 180 valence electrons. The first kappa shape index (κ1) is 24.8. The van der Waals surface area contributed by atoms with Gasteiger partial charge in [0.1, 0.15) is 0 Å². The number of hydrogen-bond donors (Lipinski definition) is 1. The van der Waals surface area contributed by atoms with Crippen molar-refractivity contribution < 1.29 is 17.6 Å². The van der Waals surface area contributed by atoms with E-state index < -0.39 is 15.7 Å². The Labute approximate surface area is 209 Å². The Hall–Kier alpha value is -2.32. The quantitative estimate of drug-likeness (QED) is 0.427. The molecule has 1 fully saturated rings. The third kappa shape index (κ3) is 5.66. The van der Waals surface area contributed by atoms with E-state index in [2.05, 4.69) is 10.2 Å². The van der Waals surface area contributed by atoms with Gasteiger partial charge < -0.3 is 9.73 Å². The van der Waals surface area contributed by atoms with Crippen LogP contribution in [-0.2, 0) is 9.84 Å². The molecule has 1 unspecified atom stereocenters. The molecule has 2 aromatic carbocycles. The minimum Gasteiger partial charge on any atom is -0.439 e. The van der Waals surface area contributed by atoms with Crippen LogP contribution in [0.5, 0.6) is 0 Å². The molecule has 1 amide bonds. The highest BCUT2D eigenvalue weighted by Gasteiger charge is 2.26. The molecule has 1 aliphatic heterocycles. The average molecular weight is 521 g/mol. The van der Waals surface area contributed by atoms with E-state index in [9.17, 15) is 13.2 Å². The molecular formula is C25H26Cl2N2O4S. The Morgan fingerprint density at radius 3 is 2.29 bits per heavy atom. The summed E-state index contributed by atoms with van der Waals surface area (Å²) in [5, 5.41) is 3.69. The van der Waals surface area contributed by atoms with Crippen LogP contribution in [0, 0.1) is 0 Å². The van der Waals surface area contributed by atoms with E-state index >= 15 is 0 Å². The van der Waals surface area contributed by atoms with Crippen molar-refractivity contribution >= 4 is 38.9 Å². The summed E-state index contributed by atoms with van der Waals surface area (Å²) in [6.07, 6.45) is 4.57. The molecule has 1 aliphatic rings. The van der Waals surface area contributed by atoms with Gasteiger partial charge in [0.2, 0.25) is 14.9 Å². The van der Waals surface area contributed by atoms with Crippen molar-refractivity contribution in [2.24, 2.45) is 0 Å². The van der Waals surface area contributed by atoms with Gasteiger partial charge in [0.05, 0.1) is 10.9 Å².